The van der Waals surface area contributed by atoms with E-state index in [0.29, 0.717) is 16.7 Å². The fourth-order valence-corrected chi connectivity index (χ4v) is 1.98. The highest BCUT2D eigenvalue weighted by atomic mass is 32.1. The Hall–Kier alpha value is -1.04. The molecule has 0 saturated heterocycles. The van der Waals surface area contributed by atoms with Gasteiger partial charge in [-0.3, -0.25) is 9.88 Å². The van der Waals surface area contributed by atoms with Gasteiger partial charge in [0.05, 0.1) is 0 Å². The Labute approximate surface area is 114 Å². The van der Waals surface area contributed by atoms with E-state index >= 15 is 0 Å². The highest BCUT2D eigenvalue weighted by molar-refractivity contribution is 7.80. The number of aliphatic hydroxyl groups is 1. The van der Waals surface area contributed by atoms with Gasteiger partial charge in [0, 0.05) is 31.9 Å². The van der Waals surface area contributed by atoms with Crippen molar-refractivity contribution in [1.82, 2.24) is 9.88 Å². The highest BCUT2D eigenvalue weighted by Gasteiger charge is 2.13. The second kappa shape index (κ2) is 7.41. The van der Waals surface area contributed by atoms with Gasteiger partial charge in [-0.15, -0.1) is 0 Å². The molecule has 100 valence electrons. The molecule has 0 fully saturated rings. The topological polar surface area (TPSA) is 62.4 Å². The maximum absolute atomic E-state index is 8.93. The van der Waals surface area contributed by atoms with Crippen molar-refractivity contribution in [1.29, 1.82) is 0 Å². The Morgan fingerprint density at radius 1 is 1.56 bits per heavy atom. The lowest BCUT2D eigenvalue weighted by molar-refractivity contribution is 0.184. The Kier molecular flexibility index (Phi) is 6.18. The van der Waals surface area contributed by atoms with E-state index in [9.17, 15) is 0 Å². The molecule has 0 aromatic carbocycles. The predicted molar refractivity (Wildman–Crippen MR) is 77.4 cm³/mol. The van der Waals surface area contributed by atoms with Gasteiger partial charge in [-0.2, -0.15) is 0 Å². The fraction of sp³-hybridized carbons (Fsp3) is 0.538. The van der Waals surface area contributed by atoms with Crippen molar-refractivity contribution in [2.75, 3.05) is 13.2 Å². The van der Waals surface area contributed by atoms with Gasteiger partial charge in [-0.25, -0.2) is 0 Å². The highest BCUT2D eigenvalue weighted by Crippen LogP contribution is 2.12. The summed E-state index contributed by atoms with van der Waals surface area (Å²) in [6, 6.07) is 4.29. The minimum Gasteiger partial charge on any atom is -0.396 e. The van der Waals surface area contributed by atoms with Crippen LogP contribution in [0.4, 0.5) is 0 Å². The number of aromatic nitrogens is 1. The number of hydrogen-bond donors (Lipinski definition) is 2. The maximum Gasteiger partial charge on any atom is 0.123 e. The van der Waals surface area contributed by atoms with Crippen LogP contribution >= 0.6 is 12.2 Å². The molecule has 1 aromatic rings. The summed E-state index contributed by atoms with van der Waals surface area (Å²) in [4.78, 5) is 6.83. The molecule has 0 unspecified atom stereocenters. The zero-order valence-corrected chi connectivity index (χ0v) is 11.8. The van der Waals surface area contributed by atoms with Crippen molar-refractivity contribution in [2.24, 2.45) is 5.73 Å². The molecule has 1 aromatic heterocycles. The predicted octanol–water partition coefficient (Wildman–Crippen LogP) is 1.31. The third-order valence-corrected chi connectivity index (χ3v) is 3.03. The Bertz CT molecular complexity index is 396. The van der Waals surface area contributed by atoms with Gasteiger partial charge in [0.15, 0.2) is 0 Å². The molecule has 0 spiro atoms. The van der Waals surface area contributed by atoms with E-state index in [1.807, 2.05) is 12.1 Å². The van der Waals surface area contributed by atoms with E-state index in [4.69, 9.17) is 23.1 Å². The monoisotopic (exact) mass is 267 g/mol. The Balaban J connectivity index is 2.83. The standard InChI is InChI=1S/C13H21N3OS/c1-10(2)16(7-4-8-17)9-11-5-3-6-15-12(11)13(14)18/h3,5-6,10,17H,4,7-9H2,1-2H3,(H2,14,18). The first kappa shape index (κ1) is 15.0. The van der Waals surface area contributed by atoms with E-state index in [0.717, 1.165) is 25.1 Å². The second-order valence-corrected chi connectivity index (χ2v) is 4.96. The van der Waals surface area contributed by atoms with Crippen LogP contribution in [-0.4, -0.2) is 39.2 Å². The summed E-state index contributed by atoms with van der Waals surface area (Å²) in [5, 5.41) is 8.93. The largest absolute Gasteiger partial charge is 0.396 e. The van der Waals surface area contributed by atoms with Crippen molar-refractivity contribution in [3.63, 3.8) is 0 Å². The van der Waals surface area contributed by atoms with Crippen LogP contribution in [0.2, 0.25) is 0 Å². The van der Waals surface area contributed by atoms with Crippen LogP contribution in [0, 0.1) is 0 Å². The number of nitrogens with zero attached hydrogens (tertiary/aromatic N) is 2. The Morgan fingerprint density at radius 2 is 2.28 bits per heavy atom. The van der Waals surface area contributed by atoms with Gasteiger partial charge in [-0.05, 0) is 31.9 Å². The van der Waals surface area contributed by atoms with Crippen LogP contribution in [0.1, 0.15) is 31.5 Å². The van der Waals surface area contributed by atoms with Gasteiger partial charge in [-0.1, -0.05) is 18.3 Å². The maximum atomic E-state index is 8.93. The molecule has 0 saturated carbocycles. The molecule has 1 rings (SSSR count). The van der Waals surface area contributed by atoms with Gasteiger partial charge < -0.3 is 10.8 Å². The molecule has 0 aliphatic heterocycles. The Morgan fingerprint density at radius 3 is 2.83 bits per heavy atom. The lowest BCUT2D eigenvalue weighted by atomic mass is 10.1. The number of hydrogen-bond acceptors (Lipinski definition) is 4. The summed E-state index contributed by atoms with van der Waals surface area (Å²) in [7, 11) is 0. The van der Waals surface area contributed by atoms with Crippen LogP contribution in [0.25, 0.3) is 0 Å². The van der Waals surface area contributed by atoms with Crippen LogP contribution in [0.5, 0.6) is 0 Å². The summed E-state index contributed by atoms with van der Waals surface area (Å²) in [6.07, 6.45) is 2.46. The lowest BCUT2D eigenvalue weighted by Crippen LogP contribution is -2.32. The third kappa shape index (κ3) is 4.33. The van der Waals surface area contributed by atoms with Gasteiger partial charge in [0.1, 0.15) is 10.7 Å². The van der Waals surface area contributed by atoms with E-state index in [1.165, 1.54) is 0 Å². The summed E-state index contributed by atoms with van der Waals surface area (Å²) < 4.78 is 0. The molecule has 18 heavy (non-hydrogen) atoms. The summed E-state index contributed by atoms with van der Waals surface area (Å²) in [5.74, 6) is 0. The number of nitrogens with two attached hydrogens (primary N) is 1. The molecule has 5 heteroatoms. The molecule has 0 amide bonds. The van der Waals surface area contributed by atoms with Crippen LogP contribution in [0.3, 0.4) is 0 Å². The molecule has 3 N–H and O–H groups in total. The molecule has 0 aliphatic rings. The van der Waals surface area contributed by atoms with E-state index in [2.05, 4.69) is 23.7 Å². The number of rotatable bonds is 7. The van der Waals surface area contributed by atoms with Crippen LogP contribution in [-0.2, 0) is 6.54 Å². The number of aliphatic hydroxyl groups excluding tert-OH is 1. The lowest BCUT2D eigenvalue weighted by Gasteiger charge is -2.26. The molecule has 0 atom stereocenters. The molecule has 4 nitrogen and oxygen atoms in total. The summed E-state index contributed by atoms with van der Waals surface area (Å²) >= 11 is 5.01. The first-order chi connectivity index (χ1) is 8.56. The molecular formula is C13H21N3OS. The summed E-state index contributed by atoms with van der Waals surface area (Å²) in [6.45, 7) is 6.07. The third-order valence-electron chi connectivity index (χ3n) is 2.83. The zero-order valence-electron chi connectivity index (χ0n) is 11.0. The van der Waals surface area contributed by atoms with E-state index in [-0.39, 0.29) is 6.61 Å². The molecule has 0 aliphatic carbocycles. The second-order valence-electron chi connectivity index (χ2n) is 4.52. The molecule has 0 radical (unpaired) electrons. The normalized spacial score (nSPS) is 11.2. The zero-order chi connectivity index (χ0) is 13.5. The summed E-state index contributed by atoms with van der Waals surface area (Å²) in [5.41, 5.74) is 7.41. The van der Waals surface area contributed by atoms with Crippen molar-refractivity contribution in [2.45, 2.75) is 32.9 Å². The van der Waals surface area contributed by atoms with Gasteiger partial charge >= 0.3 is 0 Å². The van der Waals surface area contributed by atoms with Crippen LogP contribution in [0.15, 0.2) is 18.3 Å². The van der Waals surface area contributed by atoms with Crippen molar-refractivity contribution >= 4 is 17.2 Å². The molecule has 0 bridgehead atoms. The van der Waals surface area contributed by atoms with E-state index < -0.39 is 0 Å². The first-order valence-corrected chi connectivity index (χ1v) is 6.55. The number of thiocarbonyl (C=S) groups is 1. The average molecular weight is 267 g/mol. The van der Waals surface area contributed by atoms with Crippen LogP contribution < -0.4 is 5.73 Å². The van der Waals surface area contributed by atoms with Crippen molar-refractivity contribution in [3.05, 3.63) is 29.6 Å². The SMILES string of the molecule is CC(C)N(CCCO)Cc1cccnc1C(N)=S. The average Bonchev–Trinajstić information content (AvgIpc) is 2.34. The van der Waals surface area contributed by atoms with Crippen molar-refractivity contribution in [3.8, 4) is 0 Å². The van der Waals surface area contributed by atoms with Crippen molar-refractivity contribution < 1.29 is 5.11 Å². The smallest absolute Gasteiger partial charge is 0.123 e. The molecular weight excluding hydrogens is 246 g/mol. The van der Waals surface area contributed by atoms with Gasteiger partial charge in [0.25, 0.3) is 0 Å². The molecule has 1 heterocycles. The first-order valence-electron chi connectivity index (χ1n) is 6.15. The fourth-order valence-electron chi connectivity index (χ4n) is 1.80. The number of pyridine rings is 1. The minimum absolute atomic E-state index is 0.207. The van der Waals surface area contributed by atoms with E-state index in [1.54, 1.807) is 6.20 Å². The van der Waals surface area contributed by atoms with Gasteiger partial charge in [0.2, 0.25) is 0 Å². The minimum atomic E-state index is 0.207. The quantitative estimate of drug-likeness (QED) is 0.729.